The molecule has 0 aromatic heterocycles. The molecule has 3 atom stereocenters. The minimum absolute atomic E-state index is 0.519. The largest absolute Gasteiger partial charge is 0.391 e. The van der Waals surface area contributed by atoms with E-state index in [2.05, 4.69) is 4.74 Å². The number of carbonyl (C=O) groups is 1. The Morgan fingerprint density at radius 3 is 2.67 bits per heavy atom. The summed E-state index contributed by atoms with van der Waals surface area (Å²) in [5.74, 6) is -2.95. The molecule has 1 aliphatic heterocycles. The number of rotatable bonds is 1. The molecule has 0 aliphatic carbocycles. The first-order chi connectivity index (χ1) is 5.51. The Labute approximate surface area is 68.0 Å². The van der Waals surface area contributed by atoms with Crippen LogP contribution in [0.4, 0.5) is 0 Å². The maximum atomic E-state index is 10.7. The third-order valence-corrected chi connectivity index (χ3v) is 1.78. The van der Waals surface area contributed by atoms with Crippen LogP contribution in [0.3, 0.4) is 0 Å². The molecule has 0 amide bonds. The van der Waals surface area contributed by atoms with Crippen LogP contribution in [0.2, 0.25) is 0 Å². The lowest BCUT2D eigenvalue weighted by Crippen LogP contribution is -2.61. The summed E-state index contributed by atoms with van der Waals surface area (Å²) < 4.78 is 4.46. The van der Waals surface area contributed by atoms with Gasteiger partial charge in [0.05, 0.1) is 6.61 Å². The highest BCUT2D eigenvalue weighted by Gasteiger charge is 2.47. The van der Waals surface area contributed by atoms with Gasteiger partial charge < -0.3 is 25.2 Å². The Hall–Kier alpha value is -0.530. The standard InChI is InChI=1S/C6H10O6/c7-2-6(11)5(10)4(9)3(8)1-12-6/h4-5,7,9-11H,1-2H2/t4-,5-,6?/m0/s1. The van der Waals surface area contributed by atoms with Crippen molar-refractivity contribution in [3.8, 4) is 0 Å². The van der Waals surface area contributed by atoms with Crippen LogP contribution < -0.4 is 0 Å². The summed E-state index contributed by atoms with van der Waals surface area (Å²) in [4.78, 5) is 10.7. The van der Waals surface area contributed by atoms with Crippen molar-refractivity contribution in [2.24, 2.45) is 0 Å². The lowest BCUT2D eigenvalue weighted by Gasteiger charge is -2.36. The second kappa shape index (κ2) is 3.08. The minimum atomic E-state index is -2.23. The smallest absolute Gasteiger partial charge is 0.219 e. The highest BCUT2D eigenvalue weighted by atomic mass is 16.7. The summed E-state index contributed by atoms with van der Waals surface area (Å²) in [6.07, 6.45) is -3.50. The summed E-state index contributed by atoms with van der Waals surface area (Å²) in [5, 5.41) is 35.8. The van der Waals surface area contributed by atoms with Crippen molar-refractivity contribution in [3.63, 3.8) is 0 Å². The van der Waals surface area contributed by atoms with Crippen molar-refractivity contribution >= 4 is 5.78 Å². The van der Waals surface area contributed by atoms with Gasteiger partial charge in [-0.2, -0.15) is 0 Å². The average Bonchev–Trinajstić information content (AvgIpc) is 2.09. The van der Waals surface area contributed by atoms with Crippen LogP contribution in [0.15, 0.2) is 0 Å². The Bertz CT molecular complexity index is 192. The maximum absolute atomic E-state index is 10.7. The van der Waals surface area contributed by atoms with E-state index in [1.807, 2.05) is 0 Å². The van der Waals surface area contributed by atoms with Crippen molar-refractivity contribution in [1.29, 1.82) is 0 Å². The molecule has 1 unspecified atom stereocenters. The Morgan fingerprint density at radius 2 is 2.17 bits per heavy atom. The molecule has 0 radical (unpaired) electrons. The van der Waals surface area contributed by atoms with Crippen molar-refractivity contribution in [3.05, 3.63) is 0 Å². The second-order valence-electron chi connectivity index (χ2n) is 2.65. The zero-order valence-corrected chi connectivity index (χ0v) is 6.17. The monoisotopic (exact) mass is 178 g/mol. The molecule has 70 valence electrons. The molecule has 1 aliphatic rings. The van der Waals surface area contributed by atoms with Crippen LogP contribution in [0.25, 0.3) is 0 Å². The Balaban J connectivity index is 2.77. The highest BCUT2D eigenvalue weighted by molar-refractivity contribution is 5.85. The molecule has 0 aromatic carbocycles. The Morgan fingerprint density at radius 1 is 1.58 bits per heavy atom. The predicted octanol–water partition coefficient (Wildman–Crippen LogP) is -3.01. The molecular weight excluding hydrogens is 168 g/mol. The molecule has 1 saturated heterocycles. The summed E-state index contributed by atoms with van der Waals surface area (Å²) >= 11 is 0. The van der Waals surface area contributed by atoms with Gasteiger partial charge in [-0.05, 0) is 0 Å². The van der Waals surface area contributed by atoms with Gasteiger partial charge in [0, 0.05) is 0 Å². The molecule has 6 nitrogen and oxygen atoms in total. The van der Waals surface area contributed by atoms with Crippen LogP contribution in [-0.2, 0) is 9.53 Å². The highest BCUT2D eigenvalue weighted by Crippen LogP contribution is 2.20. The summed E-state index contributed by atoms with van der Waals surface area (Å²) in [6, 6.07) is 0. The number of aliphatic hydroxyl groups excluding tert-OH is 3. The third-order valence-electron chi connectivity index (χ3n) is 1.78. The predicted molar refractivity (Wildman–Crippen MR) is 35.0 cm³/mol. The SMILES string of the molecule is O=C1COC(O)(CO)[C@@H](O)[C@H]1O. The van der Waals surface area contributed by atoms with E-state index in [0.717, 1.165) is 0 Å². The number of ketones is 1. The van der Waals surface area contributed by atoms with Gasteiger partial charge in [-0.25, -0.2) is 0 Å². The number of carbonyl (C=O) groups excluding carboxylic acids is 1. The van der Waals surface area contributed by atoms with Gasteiger partial charge >= 0.3 is 0 Å². The second-order valence-corrected chi connectivity index (χ2v) is 2.65. The van der Waals surface area contributed by atoms with Crippen LogP contribution in [-0.4, -0.2) is 57.4 Å². The van der Waals surface area contributed by atoms with E-state index in [0.29, 0.717) is 0 Å². The number of Topliss-reactive ketones (excluding diaryl/α,β-unsaturated/α-hetero) is 1. The van der Waals surface area contributed by atoms with E-state index < -0.39 is 37.0 Å². The van der Waals surface area contributed by atoms with E-state index in [9.17, 15) is 9.90 Å². The third kappa shape index (κ3) is 1.35. The van der Waals surface area contributed by atoms with E-state index in [1.165, 1.54) is 0 Å². The van der Waals surface area contributed by atoms with E-state index in [-0.39, 0.29) is 0 Å². The Kier molecular flexibility index (Phi) is 2.45. The van der Waals surface area contributed by atoms with Crippen molar-refractivity contribution in [2.45, 2.75) is 18.0 Å². The van der Waals surface area contributed by atoms with E-state index in [4.69, 9.17) is 15.3 Å². The molecule has 6 heteroatoms. The minimum Gasteiger partial charge on any atom is -0.391 e. The van der Waals surface area contributed by atoms with Gasteiger partial charge in [-0.1, -0.05) is 0 Å². The first-order valence-electron chi connectivity index (χ1n) is 3.37. The maximum Gasteiger partial charge on any atom is 0.219 e. The molecule has 0 bridgehead atoms. The zero-order valence-electron chi connectivity index (χ0n) is 6.17. The van der Waals surface area contributed by atoms with Crippen LogP contribution in [0, 0.1) is 0 Å². The molecule has 4 N–H and O–H groups in total. The van der Waals surface area contributed by atoms with Gasteiger partial charge in [0.2, 0.25) is 5.79 Å². The molecule has 1 rings (SSSR count). The molecular formula is C6H10O6. The zero-order chi connectivity index (χ0) is 9.35. The van der Waals surface area contributed by atoms with Gasteiger partial charge in [0.25, 0.3) is 0 Å². The van der Waals surface area contributed by atoms with Crippen molar-refractivity contribution in [1.82, 2.24) is 0 Å². The molecule has 0 spiro atoms. The summed E-state index contributed by atoms with van der Waals surface area (Å²) in [6.45, 7) is -1.40. The topological polar surface area (TPSA) is 107 Å². The summed E-state index contributed by atoms with van der Waals surface area (Å²) in [7, 11) is 0. The summed E-state index contributed by atoms with van der Waals surface area (Å²) in [5.41, 5.74) is 0. The fourth-order valence-electron chi connectivity index (χ4n) is 0.929. The number of ether oxygens (including phenoxy) is 1. The molecule has 1 fully saturated rings. The molecule has 0 aromatic rings. The van der Waals surface area contributed by atoms with Crippen LogP contribution in [0.1, 0.15) is 0 Å². The number of hydrogen-bond acceptors (Lipinski definition) is 6. The van der Waals surface area contributed by atoms with Crippen LogP contribution in [0.5, 0.6) is 0 Å². The molecule has 12 heavy (non-hydrogen) atoms. The normalized spacial score (nSPS) is 43.2. The lowest BCUT2D eigenvalue weighted by atomic mass is 9.99. The number of hydrogen-bond donors (Lipinski definition) is 4. The van der Waals surface area contributed by atoms with Gasteiger partial charge in [-0.15, -0.1) is 0 Å². The van der Waals surface area contributed by atoms with Gasteiger partial charge in [-0.3, -0.25) is 4.79 Å². The first-order valence-corrected chi connectivity index (χ1v) is 3.37. The van der Waals surface area contributed by atoms with Gasteiger partial charge in [0.1, 0.15) is 18.8 Å². The van der Waals surface area contributed by atoms with Crippen molar-refractivity contribution < 1.29 is 30.0 Å². The average molecular weight is 178 g/mol. The van der Waals surface area contributed by atoms with Crippen LogP contribution >= 0.6 is 0 Å². The fourth-order valence-corrected chi connectivity index (χ4v) is 0.929. The number of aliphatic hydroxyl groups is 4. The molecule has 0 saturated carbocycles. The van der Waals surface area contributed by atoms with Gasteiger partial charge in [0.15, 0.2) is 5.78 Å². The fraction of sp³-hybridized carbons (Fsp3) is 0.833. The quantitative estimate of drug-likeness (QED) is 0.340. The lowest BCUT2D eigenvalue weighted by molar-refractivity contribution is -0.298. The van der Waals surface area contributed by atoms with E-state index in [1.54, 1.807) is 0 Å². The molecule has 1 heterocycles. The van der Waals surface area contributed by atoms with E-state index >= 15 is 0 Å². The van der Waals surface area contributed by atoms with Crippen molar-refractivity contribution in [2.75, 3.05) is 13.2 Å². The first kappa shape index (κ1) is 9.56.